The zero-order valence-electron chi connectivity index (χ0n) is 25.4. The van der Waals surface area contributed by atoms with E-state index in [1.165, 1.54) is 49.8 Å². The summed E-state index contributed by atoms with van der Waals surface area (Å²) in [5, 5.41) is 14.4. The average Bonchev–Trinajstić information content (AvgIpc) is 3.50. The summed E-state index contributed by atoms with van der Waals surface area (Å²) < 4.78 is 31.5. The number of hydrogen-bond acceptors (Lipinski definition) is 7. The highest BCUT2D eigenvalue weighted by atomic mass is 35.5. The number of halogens is 3. The minimum Gasteiger partial charge on any atom is -0.481 e. The van der Waals surface area contributed by atoms with Gasteiger partial charge < -0.3 is 15.6 Å². The van der Waals surface area contributed by atoms with E-state index in [0.29, 0.717) is 49.1 Å². The van der Waals surface area contributed by atoms with E-state index in [4.69, 9.17) is 22.1 Å². The van der Waals surface area contributed by atoms with Crippen molar-refractivity contribution in [2.75, 3.05) is 20.8 Å². The van der Waals surface area contributed by atoms with Crippen molar-refractivity contribution in [1.29, 1.82) is 0 Å². The van der Waals surface area contributed by atoms with E-state index in [0.717, 1.165) is 0 Å². The molecule has 1 unspecified atom stereocenters. The molecule has 2 heterocycles. The number of methoxy groups -OCH3 is 1. The zero-order valence-corrected chi connectivity index (χ0v) is 26.1. The highest BCUT2D eigenvalue weighted by Gasteiger charge is 2.29. The molecular formula is C31H36ClF2N7O3. The Labute approximate surface area is 260 Å². The molecule has 0 spiro atoms. The molecule has 13 heteroatoms. The molecule has 0 saturated heterocycles. The molecular weight excluding hydrogens is 592 g/mol. The third-order valence-electron chi connectivity index (χ3n) is 5.90. The number of nitrogens with two attached hydrogens (primary N) is 1. The summed E-state index contributed by atoms with van der Waals surface area (Å²) in [7, 11) is 2.90. The number of nitrogens with zero attached hydrogens (tertiary/aromatic N) is 6. The van der Waals surface area contributed by atoms with E-state index in [1.54, 1.807) is 36.4 Å². The third kappa shape index (κ3) is 8.80. The minimum absolute atomic E-state index is 0.129. The van der Waals surface area contributed by atoms with Crippen molar-refractivity contribution < 1.29 is 23.4 Å². The van der Waals surface area contributed by atoms with Gasteiger partial charge in [-0.15, -0.1) is 0 Å². The Bertz CT molecular complexity index is 1580. The molecule has 0 aliphatic carbocycles. The molecule has 4 aromatic rings. The van der Waals surface area contributed by atoms with Crippen LogP contribution < -0.4 is 10.5 Å². The molecule has 1 atom stereocenters. The summed E-state index contributed by atoms with van der Waals surface area (Å²) in [5.41, 5.74) is 8.87. The van der Waals surface area contributed by atoms with E-state index in [1.807, 2.05) is 0 Å². The van der Waals surface area contributed by atoms with E-state index < -0.39 is 25.1 Å². The summed E-state index contributed by atoms with van der Waals surface area (Å²) in [6, 6.07) is 11.8. The second-order valence-electron chi connectivity index (χ2n) is 11.2. The Morgan fingerprint density at radius 2 is 1.80 bits per heavy atom. The van der Waals surface area contributed by atoms with Gasteiger partial charge in [-0.25, -0.2) is 9.67 Å². The standard InChI is InChI=1S/C26H24ClF2N7O3.C5H12/c1-31-26(30)36(24(38)16-5-3-15(4-6-16)18-12-33-35(13-18)25(28)29)21(14-37)17-7-8-20(27)19(11-17)23-32-10-9-22(34-23)39-2;1-5(2,3)4/h3-13,21,25,37H,14H2,1-2H3,(H2,30,31);1-4H3. The number of aliphatic imine (C=N–C) groups is 1. The fourth-order valence-corrected chi connectivity index (χ4v) is 4.10. The molecule has 4 rings (SSSR count). The summed E-state index contributed by atoms with van der Waals surface area (Å²) in [6.45, 7) is 5.50. The van der Waals surface area contributed by atoms with Crippen LogP contribution in [-0.4, -0.2) is 62.4 Å². The summed E-state index contributed by atoms with van der Waals surface area (Å²) in [6.07, 6.45) is 4.04. The second-order valence-corrected chi connectivity index (χ2v) is 11.6. The molecule has 44 heavy (non-hydrogen) atoms. The number of rotatable bonds is 8. The fourth-order valence-electron chi connectivity index (χ4n) is 3.89. The number of aromatic nitrogens is 4. The zero-order chi connectivity index (χ0) is 32.6. The Kier molecular flexibility index (Phi) is 11.5. The highest BCUT2D eigenvalue weighted by molar-refractivity contribution is 6.33. The van der Waals surface area contributed by atoms with Crippen LogP contribution in [0.5, 0.6) is 5.88 Å². The number of aliphatic hydroxyl groups excluding tert-OH is 1. The molecule has 10 nitrogen and oxygen atoms in total. The number of carbonyl (C=O) groups is 1. The van der Waals surface area contributed by atoms with Crippen molar-refractivity contribution in [2.45, 2.75) is 40.3 Å². The topological polar surface area (TPSA) is 132 Å². The number of hydrogen-bond donors (Lipinski definition) is 2. The maximum absolute atomic E-state index is 13.6. The molecule has 2 aromatic heterocycles. The van der Waals surface area contributed by atoms with Gasteiger partial charge in [-0.1, -0.05) is 57.5 Å². The molecule has 2 aromatic carbocycles. The lowest BCUT2D eigenvalue weighted by atomic mass is 10.0. The van der Waals surface area contributed by atoms with Crippen LogP contribution in [0.25, 0.3) is 22.5 Å². The second kappa shape index (κ2) is 14.8. The van der Waals surface area contributed by atoms with Crippen LogP contribution >= 0.6 is 11.6 Å². The Hall–Kier alpha value is -4.42. The number of amides is 1. The van der Waals surface area contributed by atoms with Crippen LogP contribution in [0.3, 0.4) is 0 Å². The van der Waals surface area contributed by atoms with Crippen LogP contribution in [0, 0.1) is 5.41 Å². The smallest absolute Gasteiger partial charge is 0.333 e. The quantitative estimate of drug-likeness (QED) is 0.175. The van der Waals surface area contributed by atoms with E-state index in [-0.39, 0.29) is 11.5 Å². The molecule has 1 amide bonds. The van der Waals surface area contributed by atoms with Crippen molar-refractivity contribution in [2.24, 2.45) is 16.1 Å². The van der Waals surface area contributed by atoms with Gasteiger partial charge >= 0.3 is 6.55 Å². The molecule has 0 aliphatic rings. The molecule has 234 valence electrons. The summed E-state index contributed by atoms with van der Waals surface area (Å²) in [5.74, 6) is -0.0421. The molecule has 0 radical (unpaired) electrons. The number of aliphatic hydroxyl groups is 1. The summed E-state index contributed by atoms with van der Waals surface area (Å²) in [4.78, 5) is 27.3. The molecule has 3 N–H and O–H groups in total. The SMILES string of the molecule is CC(C)(C)C.CN=C(N)N(C(=O)c1ccc(-c2cnn(C(F)F)c2)cc1)C(CO)c1ccc(Cl)c(-c2nccc(OC)n2)c1. The molecule has 0 aliphatic heterocycles. The Morgan fingerprint density at radius 1 is 1.14 bits per heavy atom. The van der Waals surface area contributed by atoms with Crippen LogP contribution in [-0.2, 0) is 0 Å². The first-order chi connectivity index (χ1) is 20.8. The first-order valence-corrected chi connectivity index (χ1v) is 13.9. The van der Waals surface area contributed by atoms with Gasteiger partial charge in [0.25, 0.3) is 5.91 Å². The first-order valence-electron chi connectivity index (χ1n) is 13.5. The van der Waals surface area contributed by atoms with Crippen molar-refractivity contribution >= 4 is 23.5 Å². The maximum Gasteiger partial charge on any atom is 0.333 e. The number of carbonyl (C=O) groups excluding carboxylic acids is 1. The van der Waals surface area contributed by atoms with Crippen molar-refractivity contribution in [3.05, 3.63) is 83.3 Å². The van der Waals surface area contributed by atoms with Gasteiger partial charge in [0.2, 0.25) is 5.88 Å². The lowest BCUT2D eigenvalue weighted by Gasteiger charge is -2.30. The number of benzene rings is 2. The van der Waals surface area contributed by atoms with Gasteiger partial charge in [0.1, 0.15) is 0 Å². The maximum atomic E-state index is 13.6. The third-order valence-corrected chi connectivity index (χ3v) is 6.23. The number of guanidine groups is 1. The monoisotopic (exact) mass is 627 g/mol. The minimum atomic E-state index is -2.76. The van der Waals surface area contributed by atoms with Gasteiger partial charge in [-0.2, -0.15) is 18.9 Å². The van der Waals surface area contributed by atoms with Gasteiger partial charge in [-0.05, 0) is 40.8 Å². The normalized spacial score (nSPS) is 12.4. The largest absolute Gasteiger partial charge is 0.481 e. The van der Waals surface area contributed by atoms with Crippen molar-refractivity contribution in [3.8, 4) is 28.4 Å². The molecule has 0 fully saturated rings. The van der Waals surface area contributed by atoms with E-state index in [2.05, 4.69) is 47.8 Å². The molecule has 0 bridgehead atoms. The van der Waals surface area contributed by atoms with Crippen molar-refractivity contribution in [3.63, 3.8) is 0 Å². The first kappa shape index (κ1) is 34.1. The lowest BCUT2D eigenvalue weighted by Crippen LogP contribution is -2.45. The average molecular weight is 628 g/mol. The highest BCUT2D eigenvalue weighted by Crippen LogP contribution is 2.32. The molecule has 0 saturated carbocycles. The van der Waals surface area contributed by atoms with Crippen LogP contribution in [0.1, 0.15) is 56.2 Å². The fraction of sp³-hybridized carbons (Fsp3) is 0.323. The van der Waals surface area contributed by atoms with Crippen LogP contribution in [0.4, 0.5) is 8.78 Å². The Balaban J connectivity index is 0.000000978. The van der Waals surface area contributed by atoms with Gasteiger partial charge in [0.05, 0.1) is 31.0 Å². The van der Waals surface area contributed by atoms with Crippen LogP contribution in [0.15, 0.2) is 72.1 Å². The van der Waals surface area contributed by atoms with E-state index >= 15 is 0 Å². The van der Waals surface area contributed by atoms with Gasteiger partial charge in [-0.3, -0.25) is 14.7 Å². The van der Waals surface area contributed by atoms with E-state index in [9.17, 15) is 18.7 Å². The van der Waals surface area contributed by atoms with Crippen LogP contribution in [0.2, 0.25) is 5.02 Å². The number of alkyl halides is 2. The number of ether oxygens (including phenoxy) is 1. The van der Waals surface area contributed by atoms with Crippen molar-refractivity contribution in [1.82, 2.24) is 24.6 Å². The Morgan fingerprint density at radius 3 is 2.34 bits per heavy atom. The van der Waals surface area contributed by atoms with Gasteiger partial charge in [0.15, 0.2) is 11.8 Å². The van der Waals surface area contributed by atoms with Gasteiger partial charge in [0, 0.05) is 42.2 Å². The lowest BCUT2D eigenvalue weighted by molar-refractivity contribution is 0.0566. The predicted molar refractivity (Wildman–Crippen MR) is 167 cm³/mol. The summed E-state index contributed by atoms with van der Waals surface area (Å²) >= 11 is 6.43. The predicted octanol–water partition coefficient (Wildman–Crippen LogP) is 6.24.